The van der Waals surface area contributed by atoms with E-state index in [4.69, 9.17) is 9.15 Å². The highest BCUT2D eigenvalue weighted by Crippen LogP contribution is 2.13. The van der Waals surface area contributed by atoms with Gasteiger partial charge in [0.25, 0.3) is 0 Å². The minimum Gasteiger partial charge on any atom is -0.464 e. The van der Waals surface area contributed by atoms with Gasteiger partial charge in [-0.15, -0.1) is 0 Å². The van der Waals surface area contributed by atoms with E-state index in [0.717, 1.165) is 29.9 Å². The maximum atomic E-state index is 13.5. The van der Waals surface area contributed by atoms with E-state index >= 15 is 0 Å². The molecular weight excluding hydrogens is 440 g/mol. The molecule has 0 aliphatic carbocycles. The Hall–Kier alpha value is -3.38. The minimum absolute atomic E-state index is 0.0360. The quantitative estimate of drug-likeness (QED) is 0.325. The van der Waals surface area contributed by atoms with E-state index in [2.05, 4.69) is 19.1 Å². The van der Waals surface area contributed by atoms with E-state index in [-0.39, 0.29) is 37.6 Å². The molecule has 3 rings (SSSR count). The normalized spacial score (nSPS) is 11.9. The molecule has 0 spiro atoms. The van der Waals surface area contributed by atoms with E-state index in [0.29, 0.717) is 13.1 Å². The number of nitrogens with zero attached hydrogens (tertiary/aromatic N) is 2. The molecule has 0 aliphatic rings. The lowest BCUT2D eigenvalue weighted by Gasteiger charge is -2.30. The molecule has 1 atom stereocenters. The lowest BCUT2D eigenvalue weighted by molar-refractivity contribution is -0.147. The highest BCUT2D eigenvalue weighted by atomic mass is 16.5. The van der Waals surface area contributed by atoms with Crippen LogP contribution in [0.15, 0.2) is 77.2 Å². The summed E-state index contributed by atoms with van der Waals surface area (Å²) in [7, 11) is 0. The van der Waals surface area contributed by atoms with Crippen LogP contribution in [0.2, 0.25) is 0 Å². The molecule has 6 heteroatoms. The van der Waals surface area contributed by atoms with Gasteiger partial charge in [-0.1, -0.05) is 67.6 Å². The molecule has 2 aromatic carbocycles. The SMILES string of the molecule is CCC(C)N(CC(=O)OCc1ccccc1)CC(=O)N(CCc1ccccc1)Cc1ccc(C)o1. The summed E-state index contributed by atoms with van der Waals surface area (Å²) in [6, 6.07) is 23.6. The van der Waals surface area contributed by atoms with Gasteiger partial charge < -0.3 is 14.1 Å². The predicted molar refractivity (Wildman–Crippen MR) is 137 cm³/mol. The summed E-state index contributed by atoms with van der Waals surface area (Å²) < 4.78 is 11.2. The number of hydrogen-bond donors (Lipinski definition) is 0. The molecule has 0 fully saturated rings. The van der Waals surface area contributed by atoms with Crippen molar-refractivity contribution in [3.8, 4) is 0 Å². The number of aryl methyl sites for hydroxylation is 1. The maximum absolute atomic E-state index is 13.5. The predicted octanol–water partition coefficient (Wildman–Crippen LogP) is 5.00. The van der Waals surface area contributed by atoms with Crippen molar-refractivity contribution in [2.75, 3.05) is 19.6 Å². The van der Waals surface area contributed by atoms with Crippen LogP contribution in [0.25, 0.3) is 0 Å². The second-order valence-corrected chi connectivity index (χ2v) is 8.87. The summed E-state index contributed by atoms with van der Waals surface area (Å²) in [6.45, 7) is 7.37. The summed E-state index contributed by atoms with van der Waals surface area (Å²) in [5.41, 5.74) is 2.11. The van der Waals surface area contributed by atoms with Crippen LogP contribution in [-0.4, -0.2) is 47.4 Å². The Morgan fingerprint density at radius 3 is 2.17 bits per heavy atom. The van der Waals surface area contributed by atoms with E-state index in [1.54, 1.807) is 0 Å². The highest BCUT2D eigenvalue weighted by molar-refractivity contribution is 5.79. The topological polar surface area (TPSA) is 63.0 Å². The molecule has 1 amide bonds. The smallest absolute Gasteiger partial charge is 0.320 e. The molecule has 0 saturated heterocycles. The second-order valence-electron chi connectivity index (χ2n) is 8.87. The Kier molecular flexibility index (Phi) is 10.1. The number of benzene rings is 2. The van der Waals surface area contributed by atoms with Crippen LogP contribution in [0.5, 0.6) is 0 Å². The summed E-state index contributed by atoms with van der Waals surface area (Å²) in [6.07, 6.45) is 1.56. The summed E-state index contributed by atoms with van der Waals surface area (Å²) >= 11 is 0. The van der Waals surface area contributed by atoms with Crippen LogP contribution in [0.4, 0.5) is 0 Å². The zero-order valence-corrected chi connectivity index (χ0v) is 21.0. The van der Waals surface area contributed by atoms with Gasteiger partial charge in [0.1, 0.15) is 18.1 Å². The number of ether oxygens (including phenoxy) is 1. The van der Waals surface area contributed by atoms with Crippen molar-refractivity contribution in [1.82, 2.24) is 9.80 Å². The third-order valence-corrected chi connectivity index (χ3v) is 6.14. The van der Waals surface area contributed by atoms with Gasteiger partial charge >= 0.3 is 5.97 Å². The number of carbonyl (C=O) groups is 2. The Morgan fingerprint density at radius 2 is 1.57 bits per heavy atom. The Morgan fingerprint density at radius 1 is 0.914 bits per heavy atom. The van der Waals surface area contributed by atoms with Gasteiger partial charge in [0.05, 0.1) is 19.6 Å². The average Bonchev–Trinajstić information content (AvgIpc) is 3.30. The summed E-state index contributed by atoms with van der Waals surface area (Å²) in [5.74, 6) is 1.20. The number of esters is 1. The second kappa shape index (κ2) is 13.5. The van der Waals surface area contributed by atoms with Gasteiger partial charge in [-0.25, -0.2) is 0 Å². The zero-order valence-electron chi connectivity index (χ0n) is 21.0. The van der Waals surface area contributed by atoms with Crippen LogP contribution in [0, 0.1) is 6.92 Å². The van der Waals surface area contributed by atoms with Crippen molar-refractivity contribution in [1.29, 1.82) is 0 Å². The van der Waals surface area contributed by atoms with Gasteiger partial charge in [0.15, 0.2) is 0 Å². The van der Waals surface area contributed by atoms with Crippen molar-refractivity contribution in [2.45, 2.75) is 52.8 Å². The van der Waals surface area contributed by atoms with Crippen molar-refractivity contribution < 1.29 is 18.7 Å². The number of furan rings is 1. The lowest BCUT2D eigenvalue weighted by atomic mass is 10.1. The van der Waals surface area contributed by atoms with E-state index in [1.165, 1.54) is 5.56 Å². The molecule has 35 heavy (non-hydrogen) atoms. The van der Waals surface area contributed by atoms with Gasteiger partial charge in [-0.3, -0.25) is 14.5 Å². The first-order chi connectivity index (χ1) is 16.9. The molecule has 0 saturated carbocycles. The third-order valence-electron chi connectivity index (χ3n) is 6.14. The van der Waals surface area contributed by atoms with E-state index < -0.39 is 0 Å². The van der Waals surface area contributed by atoms with Gasteiger partial charge in [-0.05, 0) is 49.9 Å². The van der Waals surface area contributed by atoms with E-state index in [9.17, 15) is 9.59 Å². The monoisotopic (exact) mass is 476 g/mol. The molecule has 1 unspecified atom stereocenters. The summed E-state index contributed by atoms with van der Waals surface area (Å²) in [5, 5.41) is 0. The molecule has 186 valence electrons. The largest absolute Gasteiger partial charge is 0.464 e. The van der Waals surface area contributed by atoms with Crippen molar-refractivity contribution >= 4 is 11.9 Å². The van der Waals surface area contributed by atoms with Crippen molar-refractivity contribution in [3.63, 3.8) is 0 Å². The first-order valence-corrected chi connectivity index (χ1v) is 12.2. The lowest BCUT2D eigenvalue weighted by Crippen LogP contribution is -2.46. The molecule has 3 aromatic rings. The molecular formula is C29H36N2O4. The van der Waals surface area contributed by atoms with E-state index in [1.807, 2.05) is 84.3 Å². The van der Waals surface area contributed by atoms with Crippen molar-refractivity contribution in [3.05, 3.63) is 95.4 Å². The van der Waals surface area contributed by atoms with Crippen LogP contribution in [0.3, 0.4) is 0 Å². The number of rotatable bonds is 13. The Balaban J connectivity index is 1.64. The molecule has 0 aliphatic heterocycles. The van der Waals surface area contributed by atoms with Crippen LogP contribution in [0.1, 0.15) is 42.9 Å². The number of carbonyl (C=O) groups excluding carboxylic acids is 2. The molecule has 1 aromatic heterocycles. The van der Waals surface area contributed by atoms with Crippen molar-refractivity contribution in [2.24, 2.45) is 0 Å². The fourth-order valence-electron chi connectivity index (χ4n) is 3.81. The van der Waals surface area contributed by atoms with Gasteiger partial charge in [0.2, 0.25) is 5.91 Å². The average molecular weight is 477 g/mol. The molecule has 0 N–H and O–H groups in total. The van der Waals surface area contributed by atoms with Crippen LogP contribution in [-0.2, 0) is 33.9 Å². The fourth-order valence-corrected chi connectivity index (χ4v) is 3.81. The molecule has 0 bridgehead atoms. The summed E-state index contributed by atoms with van der Waals surface area (Å²) in [4.78, 5) is 29.8. The van der Waals surface area contributed by atoms with Gasteiger partial charge in [-0.2, -0.15) is 0 Å². The number of hydrogen-bond acceptors (Lipinski definition) is 5. The molecule has 6 nitrogen and oxygen atoms in total. The fraction of sp³-hybridized carbons (Fsp3) is 0.379. The first kappa shape index (κ1) is 26.2. The standard InChI is InChI=1S/C29H36N2O4/c1-4-23(2)31(21-29(33)34-22-26-13-9-6-10-14-26)20-28(32)30(19-27-16-15-24(3)35-27)18-17-25-11-7-5-8-12-25/h5-16,23H,4,17-22H2,1-3H3. The van der Waals surface area contributed by atoms with Gasteiger partial charge in [0, 0.05) is 12.6 Å². The Bertz CT molecular complexity index is 1050. The molecule has 1 heterocycles. The van der Waals surface area contributed by atoms with Crippen LogP contribution < -0.4 is 0 Å². The van der Waals surface area contributed by atoms with Crippen LogP contribution >= 0.6 is 0 Å². The zero-order chi connectivity index (χ0) is 25.0. The molecule has 0 radical (unpaired) electrons. The minimum atomic E-state index is -0.334. The highest BCUT2D eigenvalue weighted by Gasteiger charge is 2.24. The maximum Gasteiger partial charge on any atom is 0.320 e. The Labute approximate surface area is 208 Å². The first-order valence-electron chi connectivity index (χ1n) is 12.2. The third kappa shape index (κ3) is 8.72. The number of amides is 1.